The van der Waals surface area contributed by atoms with Crippen molar-refractivity contribution in [1.82, 2.24) is 20.2 Å². The van der Waals surface area contributed by atoms with Crippen molar-refractivity contribution in [2.45, 2.75) is 16.3 Å². The van der Waals surface area contributed by atoms with Gasteiger partial charge in [-0.1, -0.05) is 11.8 Å². The van der Waals surface area contributed by atoms with E-state index >= 15 is 0 Å². The summed E-state index contributed by atoms with van der Waals surface area (Å²) in [5.74, 6) is 4.75. The Labute approximate surface area is 90.0 Å². The van der Waals surface area contributed by atoms with E-state index in [0.717, 1.165) is 0 Å². The third-order valence-electron chi connectivity index (χ3n) is 2.22. The van der Waals surface area contributed by atoms with E-state index in [2.05, 4.69) is 15.5 Å². The van der Waals surface area contributed by atoms with Crippen LogP contribution in [-0.2, 0) is 4.79 Å². The van der Waals surface area contributed by atoms with Crippen LogP contribution in [0, 0.1) is 0 Å². The van der Waals surface area contributed by atoms with Crippen molar-refractivity contribution in [2.24, 2.45) is 0 Å². The Morgan fingerprint density at radius 1 is 1.80 bits per heavy atom. The SMILES string of the molecule is Nn1cnnc1SC1(CC(=O)O)CNC1. The van der Waals surface area contributed by atoms with E-state index in [-0.39, 0.29) is 11.2 Å². The van der Waals surface area contributed by atoms with Crippen LogP contribution in [0.2, 0.25) is 0 Å². The molecule has 1 aliphatic heterocycles. The number of rotatable bonds is 4. The van der Waals surface area contributed by atoms with Gasteiger partial charge in [-0.3, -0.25) is 4.79 Å². The second-order valence-electron chi connectivity index (χ2n) is 3.48. The summed E-state index contributed by atoms with van der Waals surface area (Å²) < 4.78 is 0.961. The van der Waals surface area contributed by atoms with E-state index in [9.17, 15) is 4.79 Å². The number of hydrogen-bond donors (Lipinski definition) is 3. The molecule has 1 fully saturated rings. The zero-order valence-corrected chi connectivity index (χ0v) is 8.70. The van der Waals surface area contributed by atoms with Crippen molar-refractivity contribution in [2.75, 3.05) is 18.9 Å². The molecule has 0 atom stereocenters. The monoisotopic (exact) mass is 229 g/mol. The van der Waals surface area contributed by atoms with Crippen LogP contribution < -0.4 is 11.2 Å². The predicted molar refractivity (Wildman–Crippen MR) is 53.9 cm³/mol. The van der Waals surface area contributed by atoms with Crippen LogP contribution in [0.4, 0.5) is 0 Å². The molecule has 0 saturated carbocycles. The number of nitrogens with two attached hydrogens (primary N) is 1. The quantitative estimate of drug-likeness (QED) is 0.563. The Kier molecular flexibility index (Phi) is 2.53. The first-order chi connectivity index (χ1) is 7.11. The molecule has 15 heavy (non-hydrogen) atoms. The predicted octanol–water partition coefficient (Wildman–Crippen LogP) is -1.10. The molecule has 0 spiro atoms. The fraction of sp³-hybridized carbons (Fsp3) is 0.571. The van der Waals surface area contributed by atoms with Crippen molar-refractivity contribution < 1.29 is 9.90 Å². The van der Waals surface area contributed by atoms with Gasteiger partial charge in [0.05, 0.1) is 11.2 Å². The summed E-state index contributed by atoms with van der Waals surface area (Å²) in [6.45, 7) is 1.30. The van der Waals surface area contributed by atoms with E-state index in [1.165, 1.54) is 22.8 Å². The van der Waals surface area contributed by atoms with E-state index < -0.39 is 5.97 Å². The fourth-order valence-corrected chi connectivity index (χ4v) is 2.58. The summed E-state index contributed by atoms with van der Waals surface area (Å²) in [4.78, 5) is 10.7. The van der Waals surface area contributed by atoms with Crippen LogP contribution in [0.5, 0.6) is 0 Å². The molecule has 2 rings (SSSR count). The number of aliphatic carboxylic acids is 1. The second-order valence-corrected chi connectivity index (χ2v) is 4.92. The number of carboxylic acids is 1. The third kappa shape index (κ3) is 2.05. The van der Waals surface area contributed by atoms with Gasteiger partial charge >= 0.3 is 5.97 Å². The van der Waals surface area contributed by atoms with E-state index in [0.29, 0.717) is 18.2 Å². The Hall–Kier alpha value is -1.28. The first-order valence-electron chi connectivity index (χ1n) is 4.38. The Balaban J connectivity index is 2.08. The maximum atomic E-state index is 10.7. The van der Waals surface area contributed by atoms with Gasteiger partial charge in [0.2, 0.25) is 5.16 Å². The zero-order chi connectivity index (χ0) is 10.9. The van der Waals surface area contributed by atoms with Crippen LogP contribution in [-0.4, -0.2) is 43.8 Å². The maximum absolute atomic E-state index is 10.7. The molecule has 1 aliphatic rings. The standard InChI is InChI=1S/C7H11N5O2S/c8-12-4-10-11-6(12)15-7(1-5(13)14)2-9-3-7/h4,9H,1-3,8H2,(H,13,14). The molecule has 1 aromatic heterocycles. The Bertz CT molecular complexity index is 375. The highest BCUT2D eigenvalue weighted by molar-refractivity contribution is 8.00. The normalized spacial score (nSPS) is 18.4. The molecule has 7 nitrogen and oxygen atoms in total. The van der Waals surface area contributed by atoms with Gasteiger partial charge in [-0.25, -0.2) is 4.68 Å². The number of nitrogens with one attached hydrogen (secondary N) is 1. The van der Waals surface area contributed by atoms with Gasteiger partial charge in [-0.05, 0) is 0 Å². The zero-order valence-electron chi connectivity index (χ0n) is 7.88. The Morgan fingerprint density at radius 3 is 2.93 bits per heavy atom. The van der Waals surface area contributed by atoms with Gasteiger partial charge in [0.1, 0.15) is 6.33 Å². The van der Waals surface area contributed by atoms with E-state index in [1.54, 1.807) is 0 Å². The molecule has 4 N–H and O–H groups in total. The number of nitrogens with zero attached hydrogens (tertiary/aromatic N) is 3. The molecule has 0 radical (unpaired) electrons. The molecule has 1 aromatic rings. The van der Waals surface area contributed by atoms with Crippen LogP contribution in [0.15, 0.2) is 11.5 Å². The summed E-state index contributed by atoms with van der Waals surface area (Å²) in [7, 11) is 0. The molecule has 1 saturated heterocycles. The first-order valence-corrected chi connectivity index (χ1v) is 5.20. The minimum atomic E-state index is -0.813. The lowest BCUT2D eigenvalue weighted by molar-refractivity contribution is -0.138. The van der Waals surface area contributed by atoms with Gasteiger partial charge in [-0.2, -0.15) is 0 Å². The number of hydrogen-bond acceptors (Lipinski definition) is 6. The number of nitrogen functional groups attached to an aromatic ring is 1. The van der Waals surface area contributed by atoms with Crippen molar-refractivity contribution in [1.29, 1.82) is 0 Å². The summed E-state index contributed by atoms with van der Waals surface area (Å²) in [6, 6.07) is 0. The second kappa shape index (κ2) is 3.70. The summed E-state index contributed by atoms with van der Waals surface area (Å²) in [6.07, 6.45) is 1.49. The molecule has 0 aliphatic carbocycles. The van der Waals surface area contributed by atoms with E-state index in [4.69, 9.17) is 10.9 Å². The third-order valence-corrected chi connectivity index (χ3v) is 3.56. The van der Waals surface area contributed by atoms with Crippen molar-refractivity contribution >= 4 is 17.7 Å². The highest BCUT2D eigenvalue weighted by Crippen LogP contribution is 2.37. The average Bonchev–Trinajstić information content (AvgIpc) is 2.47. The lowest BCUT2D eigenvalue weighted by Crippen LogP contribution is -2.58. The number of thioether (sulfide) groups is 1. The first kappa shape index (κ1) is 10.2. The number of carbonyl (C=O) groups is 1. The lowest BCUT2D eigenvalue weighted by atomic mass is 9.98. The molecule has 0 unspecified atom stereocenters. The molecule has 82 valence electrons. The number of aromatic nitrogens is 3. The smallest absolute Gasteiger partial charge is 0.304 e. The summed E-state index contributed by atoms with van der Waals surface area (Å²) in [5, 5.41) is 19.9. The minimum Gasteiger partial charge on any atom is -0.481 e. The van der Waals surface area contributed by atoms with Crippen molar-refractivity contribution in [3.05, 3.63) is 6.33 Å². The van der Waals surface area contributed by atoms with Gasteiger partial charge in [0, 0.05) is 13.1 Å². The van der Waals surface area contributed by atoms with Crippen molar-refractivity contribution in [3.8, 4) is 0 Å². The lowest BCUT2D eigenvalue weighted by Gasteiger charge is -2.40. The van der Waals surface area contributed by atoms with Gasteiger partial charge in [-0.15, -0.1) is 10.2 Å². The van der Waals surface area contributed by atoms with E-state index in [1.807, 2.05) is 0 Å². The molecular formula is C7H11N5O2S. The highest BCUT2D eigenvalue weighted by Gasteiger charge is 2.41. The van der Waals surface area contributed by atoms with Crippen molar-refractivity contribution in [3.63, 3.8) is 0 Å². The molecule has 0 bridgehead atoms. The fourth-order valence-electron chi connectivity index (χ4n) is 1.41. The van der Waals surface area contributed by atoms with Gasteiger partial charge < -0.3 is 16.3 Å². The highest BCUT2D eigenvalue weighted by atomic mass is 32.2. The maximum Gasteiger partial charge on any atom is 0.304 e. The average molecular weight is 229 g/mol. The van der Waals surface area contributed by atoms with Crippen LogP contribution in [0.25, 0.3) is 0 Å². The van der Waals surface area contributed by atoms with Gasteiger partial charge in [0.15, 0.2) is 0 Å². The van der Waals surface area contributed by atoms with Crippen LogP contribution in [0.1, 0.15) is 6.42 Å². The number of carboxylic acid groups (broad SMARTS) is 1. The summed E-state index contributed by atoms with van der Waals surface area (Å²) in [5.41, 5.74) is 0. The van der Waals surface area contributed by atoms with Crippen LogP contribution in [0.3, 0.4) is 0 Å². The largest absolute Gasteiger partial charge is 0.481 e. The Morgan fingerprint density at radius 2 is 2.53 bits per heavy atom. The van der Waals surface area contributed by atoms with Crippen LogP contribution >= 0.6 is 11.8 Å². The minimum absolute atomic E-state index is 0.0948. The molecule has 0 aromatic carbocycles. The molecular weight excluding hydrogens is 218 g/mol. The molecule has 8 heteroatoms. The summed E-state index contributed by atoms with van der Waals surface area (Å²) >= 11 is 1.36. The molecule has 2 heterocycles. The molecule has 0 amide bonds. The topological polar surface area (TPSA) is 106 Å². The van der Waals surface area contributed by atoms with Gasteiger partial charge in [0.25, 0.3) is 0 Å².